The molecule has 4 atom stereocenters. The van der Waals surface area contributed by atoms with E-state index < -0.39 is 35.8 Å². The van der Waals surface area contributed by atoms with E-state index in [1.807, 2.05) is 14.1 Å². The first-order valence-electron chi connectivity index (χ1n) is 17.0. The van der Waals surface area contributed by atoms with Crippen LogP contribution in [0.4, 0.5) is 0 Å². The van der Waals surface area contributed by atoms with Crippen LogP contribution >= 0.6 is 0 Å². The topological polar surface area (TPSA) is 205 Å². The van der Waals surface area contributed by atoms with E-state index in [1.165, 1.54) is 6.07 Å². The number of hydrogen-bond acceptors (Lipinski definition) is 10. The maximum atomic E-state index is 13.7. The molecule has 1 aliphatic heterocycles. The number of likely N-dealkylation sites (N-methyl/N-ethyl adjacent to an activating group) is 2. The third-order valence-electron chi connectivity index (χ3n) is 8.78. The molecule has 2 aromatic carbocycles. The summed E-state index contributed by atoms with van der Waals surface area (Å²) >= 11 is 0. The summed E-state index contributed by atoms with van der Waals surface area (Å²) in [6.07, 6.45) is 2.87. The van der Waals surface area contributed by atoms with Gasteiger partial charge in [-0.25, -0.2) is 0 Å². The van der Waals surface area contributed by atoms with Crippen molar-refractivity contribution in [2.75, 3.05) is 54.4 Å². The monoisotopic (exact) mass is 682 g/mol. The maximum absolute atomic E-state index is 13.7. The minimum atomic E-state index is -1.12. The Bertz CT molecular complexity index is 1410. The lowest BCUT2D eigenvalue weighted by molar-refractivity contribution is -0.132. The first kappa shape index (κ1) is 39.2. The van der Waals surface area contributed by atoms with Crippen molar-refractivity contribution < 1.29 is 29.4 Å². The first-order valence-corrected chi connectivity index (χ1v) is 17.0. The Morgan fingerprint density at radius 3 is 2.06 bits per heavy atom. The highest BCUT2D eigenvalue weighted by atomic mass is 16.3. The summed E-state index contributed by atoms with van der Waals surface area (Å²) < 4.78 is 0. The second kappa shape index (κ2) is 20.3. The fourth-order valence-corrected chi connectivity index (χ4v) is 5.75. The van der Waals surface area contributed by atoms with E-state index in [0.717, 1.165) is 24.9 Å². The molecular formula is C35H54N8O6. The Labute approximate surface area is 289 Å². The molecule has 1 aliphatic rings. The SMILES string of the molecule is CNCCC[C@@H](CNC(=O)CCNC(=O)[C@@H]1Cc2cc(ccc2O)-c2ccc(O)c(c2)C[C@H](NC)C(=O)N[C@@H](CCCNC)C(=O)N1)NC. The van der Waals surface area contributed by atoms with E-state index in [9.17, 15) is 29.4 Å². The summed E-state index contributed by atoms with van der Waals surface area (Å²) in [5, 5.41) is 45.1. The Morgan fingerprint density at radius 1 is 0.816 bits per heavy atom. The molecule has 0 saturated carbocycles. The lowest BCUT2D eigenvalue weighted by Crippen LogP contribution is -2.57. The number of aromatic hydroxyl groups is 2. The number of hydrogen-bond donors (Lipinski definition) is 10. The lowest BCUT2D eigenvalue weighted by Gasteiger charge is -2.25. The first-order chi connectivity index (χ1) is 23.6. The molecule has 2 aromatic rings. The molecule has 0 saturated heterocycles. The van der Waals surface area contributed by atoms with Crippen LogP contribution in [0.3, 0.4) is 0 Å². The number of rotatable bonds is 16. The largest absolute Gasteiger partial charge is 0.508 e. The van der Waals surface area contributed by atoms with Crippen molar-refractivity contribution in [2.45, 2.75) is 69.1 Å². The number of benzene rings is 2. The Hall–Kier alpha value is -4.24. The normalized spacial score (nSPS) is 18.7. The van der Waals surface area contributed by atoms with Crippen LogP contribution in [0.25, 0.3) is 11.1 Å². The molecule has 270 valence electrons. The van der Waals surface area contributed by atoms with Crippen molar-refractivity contribution in [1.29, 1.82) is 0 Å². The predicted octanol–water partition coefficient (Wildman–Crippen LogP) is -0.369. The second-order valence-electron chi connectivity index (χ2n) is 12.4. The smallest absolute Gasteiger partial charge is 0.243 e. The summed E-state index contributed by atoms with van der Waals surface area (Å²) in [5.41, 5.74) is 2.40. The standard InChI is InChI=1S/C35H54N8O6/c1-36-14-5-7-26(38-3)21-41-32(46)13-16-40-33(47)29-20-25-18-23(10-12-31(25)45)22-9-11-30(44)24(17-22)19-28(39-4)35(49)42-27(34(48)43-29)8-6-15-37-2/h9-12,17-18,26-29,36-39,44-45H,5-8,13-16,19-21H2,1-4H3,(H,40,47)(H,41,46)(H,42,49)(H,43,48)/t26-,27-,28-,29-/m0/s1. The number of carbonyl (C=O) groups excluding carboxylic acids is 4. The Balaban J connectivity index is 1.85. The third kappa shape index (κ3) is 12.3. The van der Waals surface area contributed by atoms with Gasteiger partial charge in [-0.2, -0.15) is 0 Å². The van der Waals surface area contributed by atoms with Crippen LogP contribution in [0.5, 0.6) is 11.5 Å². The van der Waals surface area contributed by atoms with Crippen molar-refractivity contribution in [3.05, 3.63) is 47.5 Å². The maximum Gasteiger partial charge on any atom is 0.243 e. The molecule has 0 unspecified atom stereocenters. The predicted molar refractivity (Wildman–Crippen MR) is 189 cm³/mol. The summed E-state index contributed by atoms with van der Waals surface area (Å²) in [7, 11) is 7.17. The Morgan fingerprint density at radius 2 is 1.45 bits per heavy atom. The zero-order valence-electron chi connectivity index (χ0n) is 29.1. The van der Waals surface area contributed by atoms with E-state index in [-0.39, 0.29) is 49.3 Å². The average Bonchev–Trinajstić information content (AvgIpc) is 3.09. The third-order valence-corrected chi connectivity index (χ3v) is 8.78. The highest BCUT2D eigenvalue weighted by molar-refractivity contribution is 5.93. The van der Waals surface area contributed by atoms with Gasteiger partial charge in [0, 0.05) is 38.4 Å². The van der Waals surface area contributed by atoms with Gasteiger partial charge < -0.3 is 52.7 Å². The molecular weight excluding hydrogens is 628 g/mol. The van der Waals surface area contributed by atoms with Gasteiger partial charge in [0.25, 0.3) is 0 Å². The number of fused-ring (bicyclic) bond motifs is 5. The zero-order valence-corrected chi connectivity index (χ0v) is 29.1. The number of phenols is 2. The van der Waals surface area contributed by atoms with Crippen LogP contribution in [0.15, 0.2) is 36.4 Å². The quantitative estimate of drug-likeness (QED) is 0.104. The summed E-state index contributed by atoms with van der Waals surface area (Å²) in [4.78, 5) is 53.4. The van der Waals surface area contributed by atoms with E-state index in [2.05, 4.69) is 42.5 Å². The molecule has 0 aromatic heterocycles. The van der Waals surface area contributed by atoms with Gasteiger partial charge in [0.1, 0.15) is 23.6 Å². The van der Waals surface area contributed by atoms with Crippen molar-refractivity contribution >= 4 is 23.6 Å². The van der Waals surface area contributed by atoms with Crippen molar-refractivity contribution in [1.82, 2.24) is 42.5 Å². The molecule has 49 heavy (non-hydrogen) atoms. The zero-order chi connectivity index (χ0) is 35.8. The summed E-state index contributed by atoms with van der Waals surface area (Å²) in [6, 6.07) is 7.33. The van der Waals surface area contributed by atoms with Gasteiger partial charge in [-0.05, 0) is 113 Å². The van der Waals surface area contributed by atoms with Crippen LogP contribution in [0.1, 0.15) is 43.2 Å². The molecule has 1 heterocycles. The van der Waals surface area contributed by atoms with Gasteiger partial charge in [-0.3, -0.25) is 19.2 Å². The van der Waals surface area contributed by atoms with Crippen molar-refractivity contribution in [2.24, 2.45) is 0 Å². The highest BCUT2D eigenvalue weighted by Crippen LogP contribution is 2.31. The van der Waals surface area contributed by atoms with Gasteiger partial charge >= 0.3 is 0 Å². The molecule has 14 nitrogen and oxygen atoms in total. The van der Waals surface area contributed by atoms with Gasteiger partial charge in [-0.15, -0.1) is 0 Å². The minimum absolute atomic E-state index is 0.0280. The number of carbonyl (C=O) groups is 4. The van der Waals surface area contributed by atoms with Crippen LogP contribution in [0.2, 0.25) is 0 Å². The van der Waals surface area contributed by atoms with Gasteiger partial charge in [0.05, 0.1) is 6.04 Å². The Kier molecular flexibility index (Phi) is 16.3. The molecule has 14 heteroatoms. The van der Waals surface area contributed by atoms with Gasteiger partial charge in [0.15, 0.2) is 0 Å². The number of amides is 4. The fourth-order valence-electron chi connectivity index (χ4n) is 5.75. The van der Waals surface area contributed by atoms with Crippen molar-refractivity contribution in [3.8, 4) is 22.6 Å². The minimum Gasteiger partial charge on any atom is -0.508 e. The summed E-state index contributed by atoms with van der Waals surface area (Å²) in [6.45, 7) is 1.98. The second-order valence-corrected chi connectivity index (χ2v) is 12.4. The van der Waals surface area contributed by atoms with E-state index >= 15 is 0 Å². The fraction of sp³-hybridized carbons (Fsp3) is 0.543. The molecule has 4 amide bonds. The van der Waals surface area contributed by atoms with Crippen molar-refractivity contribution in [3.63, 3.8) is 0 Å². The number of nitrogens with one attached hydrogen (secondary N) is 8. The van der Waals surface area contributed by atoms with Crippen LogP contribution in [-0.4, -0.2) is 112 Å². The molecule has 3 rings (SSSR count). The molecule has 0 aliphatic carbocycles. The average molecular weight is 683 g/mol. The molecule has 0 spiro atoms. The molecule has 0 radical (unpaired) electrons. The van der Waals surface area contributed by atoms with Crippen LogP contribution < -0.4 is 42.5 Å². The number of phenolic OH excluding ortho intramolecular Hbond substituents is 2. The van der Waals surface area contributed by atoms with Gasteiger partial charge in [-0.1, -0.05) is 12.1 Å². The molecule has 4 bridgehead atoms. The van der Waals surface area contributed by atoms with E-state index in [0.29, 0.717) is 42.6 Å². The lowest BCUT2D eigenvalue weighted by atomic mass is 9.95. The summed E-state index contributed by atoms with van der Waals surface area (Å²) in [5.74, 6) is -1.76. The van der Waals surface area contributed by atoms with Gasteiger partial charge in [0.2, 0.25) is 23.6 Å². The van der Waals surface area contributed by atoms with Crippen LogP contribution in [0, 0.1) is 0 Å². The van der Waals surface area contributed by atoms with Crippen LogP contribution in [-0.2, 0) is 32.0 Å². The van der Waals surface area contributed by atoms with E-state index in [1.54, 1.807) is 44.4 Å². The molecule has 10 N–H and O–H groups in total. The highest BCUT2D eigenvalue weighted by Gasteiger charge is 2.30. The van der Waals surface area contributed by atoms with E-state index in [4.69, 9.17) is 0 Å². The molecule has 0 fully saturated rings.